The fourth-order valence-electron chi connectivity index (χ4n) is 2.13. The van der Waals surface area contributed by atoms with Gasteiger partial charge in [0.2, 0.25) is 0 Å². The van der Waals surface area contributed by atoms with E-state index in [1.807, 2.05) is 36.0 Å². The van der Waals surface area contributed by atoms with Gasteiger partial charge in [-0.2, -0.15) is 11.8 Å². The molecule has 1 unspecified atom stereocenters. The Morgan fingerprint density at radius 1 is 1.50 bits per heavy atom. The van der Waals surface area contributed by atoms with E-state index in [-0.39, 0.29) is 5.91 Å². The molecule has 0 bridgehead atoms. The number of rotatable bonds is 4. The zero-order valence-electron chi connectivity index (χ0n) is 10.6. The summed E-state index contributed by atoms with van der Waals surface area (Å²) in [6, 6.07) is 8.29. The molecular weight excluding hydrogens is 246 g/mol. The first-order valence-electron chi connectivity index (χ1n) is 6.08. The Morgan fingerprint density at radius 3 is 2.78 bits per heavy atom. The lowest BCUT2D eigenvalue weighted by Crippen LogP contribution is -2.31. The van der Waals surface area contributed by atoms with E-state index in [1.165, 1.54) is 23.5 Å². The average molecular weight is 265 g/mol. The van der Waals surface area contributed by atoms with Crippen LogP contribution < -0.4 is 11.3 Å². The van der Waals surface area contributed by atoms with E-state index in [0.29, 0.717) is 11.6 Å². The second-order valence-electron chi connectivity index (χ2n) is 4.60. The number of carbonyl (C=O) groups is 1. The zero-order chi connectivity index (χ0) is 13.0. The highest BCUT2D eigenvalue weighted by Crippen LogP contribution is 2.22. The Hall–Kier alpha value is -1.04. The maximum Gasteiger partial charge on any atom is 0.265 e. The largest absolute Gasteiger partial charge is 0.298 e. The first kappa shape index (κ1) is 13.4. The fraction of sp³-hybridized carbons (Fsp3) is 0.462. The highest BCUT2D eigenvalue weighted by molar-refractivity contribution is 7.99. The molecule has 0 aliphatic carbocycles. The van der Waals surface area contributed by atoms with Crippen molar-refractivity contribution in [3.05, 3.63) is 35.4 Å². The predicted octanol–water partition coefficient (Wildman–Crippen LogP) is 1.23. The number of nitrogen functional groups attached to an aromatic ring is 1. The van der Waals surface area contributed by atoms with Gasteiger partial charge in [0.05, 0.1) is 0 Å². The monoisotopic (exact) mass is 265 g/mol. The van der Waals surface area contributed by atoms with Crippen molar-refractivity contribution in [1.82, 2.24) is 10.3 Å². The molecule has 1 heterocycles. The van der Waals surface area contributed by atoms with E-state index >= 15 is 0 Å². The smallest absolute Gasteiger partial charge is 0.265 e. The molecule has 1 aliphatic rings. The molecule has 0 saturated carbocycles. The van der Waals surface area contributed by atoms with Gasteiger partial charge in [0.1, 0.15) is 0 Å². The van der Waals surface area contributed by atoms with Crippen LogP contribution in [0.25, 0.3) is 0 Å². The zero-order valence-corrected chi connectivity index (χ0v) is 11.4. The quantitative estimate of drug-likeness (QED) is 0.488. The lowest BCUT2D eigenvalue weighted by Gasteiger charge is -2.23. The van der Waals surface area contributed by atoms with Crippen LogP contribution in [0, 0.1) is 0 Å². The standard InChI is InChI=1S/C13H19N3OS/c1-16(12-6-7-18-9-12)8-10-2-4-11(5-3-10)13(17)15-14/h2-5,12H,6-9,14H2,1H3,(H,15,17). The van der Waals surface area contributed by atoms with E-state index in [0.717, 1.165) is 6.54 Å². The summed E-state index contributed by atoms with van der Waals surface area (Å²) in [5.41, 5.74) is 3.96. The molecule has 98 valence electrons. The van der Waals surface area contributed by atoms with Crippen molar-refractivity contribution in [1.29, 1.82) is 0 Å². The van der Waals surface area contributed by atoms with Crippen LogP contribution in [0.3, 0.4) is 0 Å². The van der Waals surface area contributed by atoms with Crippen LogP contribution in [0.2, 0.25) is 0 Å². The number of nitrogens with two attached hydrogens (primary N) is 1. The van der Waals surface area contributed by atoms with Gasteiger partial charge in [-0.15, -0.1) is 0 Å². The van der Waals surface area contributed by atoms with Crippen molar-refractivity contribution in [3.63, 3.8) is 0 Å². The summed E-state index contributed by atoms with van der Waals surface area (Å²) >= 11 is 2.02. The van der Waals surface area contributed by atoms with Gasteiger partial charge in [-0.1, -0.05) is 12.1 Å². The Labute approximate surface area is 112 Å². The number of nitrogens with zero attached hydrogens (tertiary/aromatic N) is 1. The normalized spacial score (nSPS) is 19.2. The van der Waals surface area contributed by atoms with Gasteiger partial charge in [0.25, 0.3) is 5.91 Å². The number of amides is 1. The van der Waals surface area contributed by atoms with Crippen LogP contribution in [0.15, 0.2) is 24.3 Å². The van der Waals surface area contributed by atoms with Gasteiger partial charge in [-0.3, -0.25) is 15.1 Å². The lowest BCUT2D eigenvalue weighted by atomic mass is 10.1. The van der Waals surface area contributed by atoms with E-state index in [1.54, 1.807) is 0 Å². The van der Waals surface area contributed by atoms with Crippen molar-refractivity contribution < 1.29 is 4.79 Å². The molecule has 2 rings (SSSR count). The Balaban J connectivity index is 1.95. The Morgan fingerprint density at radius 2 is 2.22 bits per heavy atom. The molecular formula is C13H19N3OS. The van der Waals surface area contributed by atoms with Crippen molar-refractivity contribution in [3.8, 4) is 0 Å². The summed E-state index contributed by atoms with van der Waals surface area (Å²) in [4.78, 5) is 13.7. The van der Waals surface area contributed by atoms with Gasteiger partial charge in [-0.25, -0.2) is 5.84 Å². The third-order valence-electron chi connectivity index (χ3n) is 3.31. The molecule has 18 heavy (non-hydrogen) atoms. The molecule has 1 aromatic carbocycles. The topological polar surface area (TPSA) is 58.4 Å². The number of hydrogen-bond acceptors (Lipinski definition) is 4. The Kier molecular flexibility index (Phi) is 4.63. The molecule has 4 nitrogen and oxygen atoms in total. The highest BCUT2D eigenvalue weighted by atomic mass is 32.2. The average Bonchev–Trinajstić information content (AvgIpc) is 2.92. The van der Waals surface area contributed by atoms with E-state index in [4.69, 9.17) is 5.84 Å². The molecule has 0 spiro atoms. The number of hydrazine groups is 1. The van der Waals surface area contributed by atoms with Gasteiger partial charge in [0.15, 0.2) is 0 Å². The molecule has 1 fully saturated rings. The summed E-state index contributed by atoms with van der Waals surface area (Å²) in [5.74, 6) is 7.34. The summed E-state index contributed by atoms with van der Waals surface area (Å²) in [6.07, 6.45) is 1.27. The van der Waals surface area contributed by atoms with Crippen LogP contribution in [0.4, 0.5) is 0 Å². The fourth-order valence-corrected chi connectivity index (χ4v) is 3.43. The minimum absolute atomic E-state index is 0.248. The van der Waals surface area contributed by atoms with Gasteiger partial charge >= 0.3 is 0 Å². The second kappa shape index (κ2) is 6.22. The molecule has 1 amide bonds. The van der Waals surface area contributed by atoms with Crippen molar-refractivity contribution in [2.75, 3.05) is 18.6 Å². The van der Waals surface area contributed by atoms with Gasteiger partial charge in [-0.05, 0) is 36.9 Å². The predicted molar refractivity (Wildman–Crippen MR) is 75.3 cm³/mol. The summed E-state index contributed by atoms with van der Waals surface area (Å²) in [6.45, 7) is 0.926. The van der Waals surface area contributed by atoms with Crippen molar-refractivity contribution >= 4 is 17.7 Å². The molecule has 1 saturated heterocycles. The van der Waals surface area contributed by atoms with Crippen LogP contribution >= 0.6 is 11.8 Å². The minimum atomic E-state index is -0.248. The number of carbonyl (C=O) groups excluding carboxylic acids is 1. The number of nitrogens with one attached hydrogen (secondary N) is 1. The van der Waals surface area contributed by atoms with E-state index in [9.17, 15) is 4.79 Å². The molecule has 0 aromatic heterocycles. The maximum absolute atomic E-state index is 11.3. The molecule has 1 atom stereocenters. The number of hydrogen-bond donors (Lipinski definition) is 2. The van der Waals surface area contributed by atoms with Crippen LogP contribution in [-0.2, 0) is 6.54 Å². The van der Waals surface area contributed by atoms with Crippen LogP contribution in [0.1, 0.15) is 22.3 Å². The summed E-state index contributed by atoms with van der Waals surface area (Å²) < 4.78 is 0. The maximum atomic E-state index is 11.3. The molecule has 5 heteroatoms. The minimum Gasteiger partial charge on any atom is -0.298 e. The third-order valence-corrected chi connectivity index (χ3v) is 4.45. The summed E-state index contributed by atoms with van der Waals surface area (Å²) in [5, 5.41) is 0. The highest BCUT2D eigenvalue weighted by Gasteiger charge is 2.19. The number of benzene rings is 1. The number of thioether (sulfide) groups is 1. The third kappa shape index (κ3) is 3.25. The molecule has 0 radical (unpaired) electrons. The summed E-state index contributed by atoms with van der Waals surface area (Å²) in [7, 11) is 2.16. The first-order valence-corrected chi connectivity index (χ1v) is 7.24. The SMILES string of the molecule is CN(Cc1ccc(C(=O)NN)cc1)C1CCSC1. The second-order valence-corrected chi connectivity index (χ2v) is 5.75. The Bertz CT molecular complexity index is 401. The van der Waals surface area contributed by atoms with Gasteiger partial charge in [0, 0.05) is 23.9 Å². The molecule has 1 aromatic rings. The first-order chi connectivity index (χ1) is 8.70. The van der Waals surface area contributed by atoms with Gasteiger partial charge < -0.3 is 0 Å². The van der Waals surface area contributed by atoms with Crippen molar-refractivity contribution in [2.24, 2.45) is 5.84 Å². The van der Waals surface area contributed by atoms with E-state index in [2.05, 4.69) is 17.4 Å². The van der Waals surface area contributed by atoms with Crippen LogP contribution in [-0.4, -0.2) is 35.4 Å². The molecule has 1 aliphatic heterocycles. The van der Waals surface area contributed by atoms with Crippen molar-refractivity contribution in [2.45, 2.75) is 19.0 Å². The van der Waals surface area contributed by atoms with Crippen LogP contribution in [0.5, 0.6) is 0 Å². The van der Waals surface area contributed by atoms with E-state index < -0.39 is 0 Å². The molecule has 3 N–H and O–H groups in total. The lowest BCUT2D eigenvalue weighted by molar-refractivity contribution is 0.0953.